The molecule has 0 saturated heterocycles. The minimum absolute atomic E-state index is 0.0699. The summed E-state index contributed by atoms with van der Waals surface area (Å²) in [6.45, 7) is 0. The molecule has 0 spiro atoms. The highest BCUT2D eigenvalue weighted by atomic mass is 19.1. The average molecular weight is 210 g/mol. The number of amides is 1. The standard InChI is InChI=1S/C9H7FN2O3/c1-15-8-5(10)3-2-4-6(8)11-9(13)7(4)12-14/h2-3,14H,1H3,(H,11,12,13). The zero-order valence-corrected chi connectivity index (χ0v) is 7.74. The van der Waals surface area contributed by atoms with Crippen molar-refractivity contribution in [2.24, 2.45) is 5.16 Å². The number of carbonyl (C=O) groups is 1. The van der Waals surface area contributed by atoms with E-state index in [9.17, 15) is 9.18 Å². The summed E-state index contributed by atoms with van der Waals surface area (Å²) in [6.07, 6.45) is 0. The van der Waals surface area contributed by atoms with E-state index in [1.54, 1.807) is 0 Å². The summed E-state index contributed by atoms with van der Waals surface area (Å²) in [4.78, 5) is 11.3. The second-order valence-corrected chi connectivity index (χ2v) is 2.91. The summed E-state index contributed by atoms with van der Waals surface area (Å²) in [7, 11) is 1.29. The molecule has 0 unspecified atom stereocenters. The highest BCUT2D eigenvalue weighted by molar-refractivity contribution is 6.54. The van der Waals surface area contributed by atoms with Crippen LogP contribution in [0.2, 0.25) is 0 Å². The molecule has 1 heterocycles. The van der Waals surface area contributed by atoms with E-state index in [0.29, 0.717) is 5.56 Å². The van der Waals surface area contributed by atoms with E-state index in [2.05, 4.69) is 10.5 Å². The molecule has 0 bridgehead atoms. The van der Waals surface area contributed by atoms with Gasteiger partial charge >= 0.3 is 0 Å². The Balaban J connectivity index is 2.68. The molecule has 0 aromatic heterocycles. The van der Waals surface area contributed by atoms with Crippen molar-refractivity contribution in [2.75, 3.05) is 12.4 Å². The maximum Gasteiger partial charge on any atom is 0.278 e. The smallest absolute Gasteiger partial charge is 0.278 e. The van der Waals surface area contributed by atoms with Gasteiger partial charge in [-0.3, -0.25) is 4.79 Å². The number of nitrogens with zero attached hydrogens (tertiary/aromatic N) is 1. The minimum atomic E-state index is -0.587. The number of rotatable bonds is 1. The van der Waals surface area contributed by atoms with Crippen LogP contribution in [0.3, 0.4) is 0 Å². The van der Waals surface area contributed by atoms with Crippen molar-refractivity contribution in [3.63, 3.8) is 0 Å². The van der Waals surface area contributed by atoms with Gasteiger partial charge in [0.15, 0.2) is 17.3 Å². The molecule has 0 radical (unpaired) electrons. The summed E-state index contributed by atoms with van der Waals surface area (Å²) in [5.74, 6) is -1.24. The van der Waals surface area contributed by atoms with Gasteiger partial charge in [-0.2, -0.15) is 0 Å². The van der Waals surface area contributed by atoms with Gasteiger partial charge in [-0.25, -0.2) is 4.39 Å². The SMILES string of the molecule is COc1c(F)ccc2c1NC(=O)C2=NO. The third-order valence-electron chi connectivity index (χ3n) is 2.12. The van der Waals surface area contributed by atoms with Gasteiger partial charge in [0.25, 0.3) is 5.91 Å². The number of ether oxygens (including phenoxy) is 1. The van der Waals surface area contributed by atoms with Crippen molar-refractivity contribution in [2.45, 2.75) is 0 Å². The third-order valence-corrected chi connectivity index (χ3v) is 2.12. The van der Waals surface area contributed by atoms with Crippen LogP contribution in [0, 0.1) is 5.82 Å². The molecule has 15 heavy (non-hydrogen) atoms. The highest BCUT2D eigenvalue weighted by Crippen LogP contribution is 2.35. The maximum absolute atomic E-state index is 13.2. The number of nitrogens with one attached hydrogen (secondary N) is 1. The molecule has 2 rings (SSSR count). The van der Waals surface area contributed by atoms with Crippen LogP contribution in [-0.4, -0.2) is 23.9 Å². The van der Waals surface area contributed by atoms with Gasteiger partial charge in [0.05, 0.1) is 12.8 Å². The molecule has 0 aliphatic carbocycles. The number of hydrogen-bond acceptors (Lipinski definition) is 4. The summed E-state index contributed by atoms with van der Waals surface area (Å²) in [5, 5.41) is 13.8. The lowest BCUT2D eigenvalue weighted by molar-refractivity contribution is -0.110. The van der Waals surface area contributed by atoms with Crippen molar-refractivity contribution >= 4 is 17.3 Å². The van der Waals surface area contributed by atoms with E-state index in [1.165, 1.54) is 13.2 Å². The van der Waals surface area contributed by atoms with Crippen molar-refractivity contribution < 1.29 is 19.1 Å². The summed E-state index contributed by atoms with van der Waals surface area (Å²) >= 11 is 0. The normalized spacial score (nSPS) is 16.4. The van der Waals surface area contributed by atoms with Crippen molar-refractivity contribution in [1.82, 2.24) is 0 Å². The number of fused-ring (bicyclic) bond motifs is 1. The minimum Gasteiger partial charge on any atom is -0.492 e. The summed E-state index contributed by atoms with van der Waals surface area (Å²) < 4.78 is 18.0. The molecule has 78 valence electrons. The van der Waals surface area contributed by atoms with Crippen LogP contribution in [0.4, 0.5) is 10.1 Å². The molecule has 1 aromatic rings. The fraction of sp³-hybridized carbons (Fsp3) is 0.111. The predicted octanol–water partition coefficient (Wildman–Crippen LogP) is 0.965. The number of oxime groups is 1. The van der Waals surface area contributed by atoms with Crippen LogP contribution >= 0.6 is 0 Å². The average Bonchev–Trinajstić information content (AvgIpc) is 2.53. The first kappa shape index (κ1) is 9.45. The molecular formula is C9H7FN2O3. The lowest BCUT2D eigenvalue weighted by Crippen LogP contribution is -2.14. The molecular weight excluding hydrogens is 203 g/mol. The topological polar surface area (TPSA) is 70.9 Å². The van der Waals surface area contributed by atoms with Gasteiger partial charge in [-0.1, -0.05) is 5.16 Å². The monoisotopic (exact) mass is 210 g/mol. The summed E-state index contributed by atoms with van der Waals surface area (Å²) in [5.41, 5.74) is 0.361. The maximum atomic E-state index is 13.2. The van der Waals surface area contributed by atoms with Gasteiger partial charge in [-0.05, 0) is 12.1 Å². The van der Waals surface area contributed by atoms with Crippen molar-refractivity contribution in [3.8, 4) is 5.75 Å². The quantitative estimate of drug-likeness (QED) is 0.535. The molecule has 2 N–H and O–H groups in total. The first-order chi connectivity index (χ1) is 7.19. The number of halogens is 1. The number of methoxy groups -OCH3 is 1. The lowest BCUT2D eigenvalue weighted by Gasteiger charge is -2.06. The predicted molar refractivity (Wildman–Crippen MR) is 49.9 cm³/mol. The molecule has 1 aliphatic rings. The third kappa shape index (κ3) is 1.22. The zero-order chi connectivity index (χ0) is 11.0. The number of carbonyl (C=O) groups excluding carboxylic acids is 1. The van der Waals surface area contributed by atoms with E-state index in [0.717, 1.165) is 6.07 Å². The molecule has 1 amide bonds. The Hall–Kier alpha value is -2.11. The first-order valence-electron chi connectivity index (χ1n) is 4.09. The largest absolute Gasteiger partial charge is 0.492 e. The number of hydrogen-bond donors (Lipinski definition) is 2. The molecule has 6 heteroatoms. The lowest BCUT2D eigenvalue weighted by atomic mass is 10.1. The molecule has 0 saturated carbocycles. The Bertz CT molecular complexity index is 471. The van der Waals surface area contributed by atoms with Crippen molar-refractivity contribution in [3.05, 3.63) is 23.5 Å². The molecule has 1 aliphatic heterocycles. The van der Waals surface area contributed by atoms with E-state index in [-0.39, 0.29) is 17.1 Å². The molecule has 1 aromatic carbocycles. The Kier molecular flexibility index (Phi) is 2.03. The molecule has 0 fully saturated rings. The van der Waals surface area contributed by atoms with E-state index >= 15 is 0 Å². The zero-order valence-electron chi connectivity index (χ0n) is 7.74. The molecule has 0 atom stereocenters. The van der Waals surface area contributed by atoms with Crippen LogP contribution in [0.1, 0.15) is 5.56 Å². The Labute approximate surface area is 84.2 Å². The Morgan fingerprint density at radius 3 is 2.87 bits per heavy atom. The molecule has 5 nitrogen and oxygen atoms in total. The van der Waals surface area contributed by atoms with Gasteiger partial charge in [-0.15, -0.1) is 0 Å². The second-order valence-electron chi connectivity index (χ2n) is 2.91. The Morgan fingerprint density at radius 2 is 2.27 bits per heavy atom. The van der Waals surface area contributed by atoms with Crippen LogP contribution in [0.15, 0.2) is 17.3 Å². The fourth-order valence-electron chi connectivity index (χ4n) is 1.47. The summed E-state index contributed by atoms with van der Waals surface area (Å²) in [6, 6.07) is 2.49. The van der Waals surface area contributed by atoms with Crippen LogP contribution in [0.5, 0.6) is 5.75 Å². The van der Waals surface area contributed by atoms with Crippen LogP contribution < -0.4 is 10.1 Å². The van der Waals surface area contributed by atoms with E-state index < -0.39 is 11.7 Å². The van der Waals surface area contributed by atoms with E-state index in [1.807, 2.05) is 0 Å². The van der Waals surface area contributed by atoms with Gasteiger partial charge in [0.1, 0.15) is 0 Å². The van der Waals surface area contributed by atoms with Gasteiger partial charge < -0.3 is 15.3 Å². The Morgan fingerprint density at radius 1 is 1.53 bits per heavy atom. The number of anilines is 1. The fourth-order valence-corrected chi connectivity index (χ4v) is 1.47. The van der Waals surface area contributed by atoms with Gasteiger partial charge in [0.2, 0.25) is 0 Å². The highest BCUT2D eigenvalue weighted by Gasteiger charge is 2.30. The van der Waals surface area contributed by atoms with Crippen LogP contribution in [-0.2, 0) is 4.79 Å². The second kappa shape index (κ2) is 3.23. The van der Waals surface area contributed by atoms with Crippen molar-refractivity contribution in [1.29, 1.82) is 0 Å². The van der Waals surface area contributed by atoms with Crippen LogP contribution in [0.25, 0.3) is 0 Å². The van der Waals surface area contributed by atoms with E-state index in [4.69, 9.17) is 9.94 Å². The van der Waals surface area contributed by atoms with Gasteiger partial charge in [0, 0.05) is 5.56 Å². The first-order valence-corrected chi connectivity index (χ1v) is 4.09. The number of benzene rings is 1.